The van der Waals surface area contributed by atoms with Gasteiger partial charge < -0.3 is 34.4 Å². The smallest absolute Gasteiger partial charge is 0.267 e. The van der Waals surface area contributed by atoms with Crippen LogP contribution in [0, 0.1) is 0 Å². The number of aromatic nitrogens is 1. The Morgan fingerprint density at radius 2 is 1.91 bits per heavy atom. The lowest BCUT2D eigenvalue weighted by Crippen LogP contribution is -2.40. The van der Waals surface area contributed by atoms with Crippen molar-refractivity contribution in [1.82, 2.24) is 14.6 Å². The van der Waals surface area contributed by atoms with Crippen molar-refractivity contribution >= 4 is 15.9 Å². The molecule has 1 aliphatic rings. The van der Waals surface area contributed by atoms with E-state index in [0.717, 1.165) is 0 Å². The summed E-state index contributed by atoms with van der Waals surface area (Å²) in [5.41, 5.74) is 0.0661. The highest BCUT2D eigenvalue weighted by Crippen LogP contribution is 2.36. The molecule has 1 aliphatic heterocycles. The van der Waals surface area contributed by atoms with Crippen LogP contribution >= 0.6 is 0 Å². The first kappa shape index (κ1) is 23.9. The van der Waals surface area contributed by atoms with Crippen LogP contribution in [0.1, 0.15) is 10.5 Å². The standard InChI is InChI=1S/C20H27N3O8S/c1-28-17-4-3-5-18(29-2)19(17)31-13-14(24)11-22-20(25)16-10-15(12-21-16)32(26,27)23-6-8-30-9-7-23/h3-5,10,12,14,21,24H,6-9,11,13H2,1-2H3,(H,22,25). The maximum Gasteiger partial charge on any atom is 0.267 e. The van der Waals surface area contributed by atoms with Gasteiger partial charge in [-0.05, 0) is 18.2 Å². The van der Waals surface area contributed by atoms with Gasteiger partial charge in [-0.25, -0.2) is 8.42 Å². The summed E-state index contributed by atoms with van der Waals surface area (Å²) in [6, 6.07) is 6.40. The molecule has 12 heteroatoms. The van der Waals surface area contributed by atoms with Crippen molar-refractivity contribution < 1.29 is 37.3 Å². The van der Waals surface area contributed by atoms with Gasteiger partial charge in [-0.1, -0.05) is 6.07 Å². The summed E-state index contributed by atoms with van der Waals surface area (Å²) < 4.78 is 47.9. The van der Waals surface area contributed by atoms with Crippen molar-refractivity contribution in [2.24, 2.45) is 0 Å². The largest absolute Gasteiger partial charge is 0.493 e. The summed E-state index contributed by atoms with van der Waals surface area (Å²) >= 11 is 0. The van der Waals surface area contributed by atoms with Crippen LogP contribution in [0.25, 0.3) is 0 Å². The minimum atomic E-state index is -3.71. The third-order valence-electron chi connectivity index (χ3n) is 4.81. The molecule has 0 saturated carbocycles. The Morgan fingerprint density at radius 1 is 1.25 bits per heavy atom. The number of H-pyrrole nitrogens is 1. The van der Waals surface area contributed by atoms with E-state index in [0.29, 0.717) is 30.5 Å². The monoisotopic (exact) mass is 469 g/mol. The molecule has 0 bridgehead atoms. The minimum absolute atomic E-state index is 0.00306. The molecule has 1 aromatic heterocycles. The number of aromatic amines is 1. The molecule has 32 heavy (non-hydrogen) atoms. The van der Waals surface area contributed by atoms with E-state index in [4.69, 9.17) is 18.9 Å². The highest BCUT2D eigenvalue weighted by atomic mass is 32.2. The summed E-state index contributed by atoms with van der Waals surface area (Å²) in [7, 11) is -0.733. The Labute approximate surface area is 186 Å². The number of aliphatic hydroxyl groups excluding tert-OH is 1. The van der Waals surface area contributed by atoms with Crippen LogP contribution in [0.5, 0.6) is 17.2 Å². The molecule has 1 unspecified atom stereocenters. The van der Waals surface area contributed by atoms with Crippen LogP contribution in [0.4, 0.5) is 0 Å². The summed E-state index contributed by atoms with van der Waals surface area (Å²) in [5.74, 6) is 0.675. The molecule has 1 aromatic carbocycles. The fourth-order valence-electron chi connectivity index (χ4n) is 3.09. The first-order valence-corrected chi connectivity index (χ1v) is 11.4. The van der Waals surface area contributed by atoms with E-state index in [9.17, 15) is 18.3 Å². The summed E-state index contributed by atoms with van der Waals surface area (Å²) in [6.07, 6.45) is 0.243. The third kappa shape index (κ3) is 5.51. The predicted octanol–water partition coefficient (Wildman–Crippen LogP) is 0.223. The molecule has 2 aromatic rings. The lowest BCUT2D eigenvalue weighted by Gasteiger charge is -2.25. The van der Waals surface area contributed by atoms with Gasteiger partial charge in [-0.3, -0.25) is 4.79 Å². The number of hydrogen-bond donors (Lipinski definition) is 3. The van der Waals surface area contributed by atoms with Gasteiger partial charge in [0.1, 0.15) is 23.3 Å². The fraction of sp³-hybridized carbons (Fsp3) is 0.450. The van der Waals surface area contributed by atoms with Crippen LogP contribution in [0.3, 0.4) is 0 Å². The number of carbonyl (C=O) groups excluding carboxylic acids is 1. The van der Waals surface area contributed by atoms with Crippen molar-refractivity contribution in [3.63, 3.8) is 0 Å². The number of sulfonamides is 1. The number of rotatable bonds is 10. The van der Waals surface area contributed by atoms with Crippen molar-refractivity contribution in [1.29, 1.82) is 0 Å². The lowest BCUT2D eigenvalue weighted by atomic mass is 10.3. The van der Waals surface area contributed by atoms with E-state index in [2.05, 4.69) is 10.3 Å². The molecule has 11 nitrogen and oxygen atoms in total. The Bertz CT molecular complexity index is 995. The maximum absolute atomic E-state index is 12.7. The van der Waals surface area contributed by atoms with Gasteiger partial charge in [0.2, 0.25) is 15.8 Å². The molecular formula is C20H27N3O8S. The van der Waals surface area contributed by atoms with Gasteiger partial charge in [-0.15, -0.1) is 0 Å². The summed E-state index contributed by atoms with van der Waals surface area (Å²) in [6.45, 7) is 0.949. The van der Waals surface area contributed by atoms with E-state index in [1.165, 1.54) is 30.8 Å². The number of nitrogens with zero attached hydrogens (tertiary/aromatic N) is 1. The number of carbonyl (C=O) groups is 1. The van der Waals surface area contributed by atoms with E-state index in [1.54, 1.807) is 18.2 Å². The third-order valence-corrected chi connectivity index (χ3v) is 6.69. The first-order valence-electron chi connectivity index (χ1n) is 9.93. The second-order valence-electron chi connectivity index (χ2n) is 6.93. The number of aliphatic hydroxyl groups is 1. The molecule has 176 valence electrons. The van der Waals surface area contributed by atoms with E-state index < -0.39 is 22.0 Å². The fourth-order valence-corrected chi connectivity index (χ4v) is 4.50. The van der Waals surface area contributed by atoms with E-state index in [-0.39, 0.29) is 36.8 Å². The van der Waals surface area contributed by atoms with Crippen LogP contribution in [-0.2, 0) is 14.8 Å². The number of hydrogen-bond acceptors (Lipinski definition) is 8. The van der Waals surface area contributed by atoms with Gasteiger partial charge in [0.05, 0.1) is 27.4 Å². The molecular weight excluding hydrogens is 442 g/mol. The number of para-hydroxylation sites is 1. The second-order valence-corrected chi connectivity index (χ2v) is 8.87. The normalized spacial score (nSPS) is 15.7. The molecule has 2 heterocycles. The Morgan fingerprint density at radius 3 is 2.53 bits per heavy atom. The highest BCUT2D eigenvalue weighted by molar-refractivity contribution is 7.89. The zero-order chi connectivity index (χ0) is 23.1. The Balaban J connectivity index is 1.54. The Hall–Kier alpha value is -2.80. The van der Waals surface area contributed by atoms with Gasteiger partial charge in [0.25, 0.3) is 5.91 Å². The second kappa shape index (κ2) is 10.7. The SMILES string of the molecule is COc1cccc(OC)c1OCC(O)CNC(=O)c1cc(S(=O)(=O)N2CCOCC2)c[nH]1. The van der Waals surface area contributed by atoms with Gasteiger partial charge >= 0.3 is 0 Å². The topological polar surface area (TPSA) is 139 Å². The average molecular weight is 470 g/mol. The average Bonchev–Trinajstić information content (AvgIpc) is 3.33. The minimum Gasteiger partial charge on any atom is -0.493 e. The molecule has 0 aliphatic carbocycles. The zero-order valence-corrected chi connectivity index (χ0v) is 18.7. The number of morpholine rings is 1. The summed E-state index contributed by atoms with van der Waals surface area (Å²) in [4.78, 5) is 15.0. The number of nitrogens with one attached hydrogen (secondary N) is 2. The predicted molar refractivity (Wildman–Crippen MR) is 114 cm³/mol. The van der Waals surface area contributed by atoms with Crippen LogP contribution < -0.4 is 19.5 Å². The van der Waals surface area contributed by atoms with Crippen molar-refractivity contribution in [3.8, 4) is 17.2 Å². The molecule has 1 amide bonds. The molecule has 0 spiro atoms. The number of amides is 1. The molecule has 1 saturated heterocycles. The first-order chi connectivity index (χ1) is 15.4. The maximum atomic E-state index is 12.7. The number of ether oxygens (including phenoxy) is 4. The van der Waals surface area contributed by atoms with E-state index >= 15 is 0 Å². The van der Waals surface area contributed by atoms with Crippen molar-refractivity contribution in [2.75, 3.05) is 53.7 Å². The molecule has 1 fully saturated rings. The molecule has 3 rings (SSSR count). The van der Waals surface area contributed by atoms with Gasteiger partial charge in [0, 0.05) is 25.8 Å². The van der Waals surface area contributed by atoms with Crippen molar-refractivity contribution in [2.45, 2.75) is 11.0 Å². The molecule has 1 atom stereocenters. The summed E-state index contributed by atoms with van der Waals surface area (Å²) in [5, 5.41) is 12.7. The lowest BCUT2D eigenvalue weighted by molar-refractivity contribution is 0.0730. The number of benzene rings is 1. The Kier molecular flexibility index (Phi) is 7.96. The van der Waals surface area contributed by atoms with Gasteiger partial charge in [-0.2, -0.15) is 4.31 Å². The van der Waals surface area contributed by atoms with Crippen LogP contribution in [-0.4, -0.2) is 88.5 Å². The quantitative estimate of drug-likeness (QED) is 0.449. The van der Waals surface area contributed by atoms with Crippen LogP contribution in [0.15, 0.2) is 35.4 Å². The zero-order valence-electron chi connectivity index (χ0n) is 17.9. The van der Waals surface area contributed by atoms with Crippen molar-refractivity contribution in [3.05, 3.63) is 36.2 Å². The molecule has 3 N–H and O–H groups in total. The van der Waals surface area contributed by atoms with E-state index in [1.807, 2.05) is 0 Å². The number of methoxy groups -OCH3 is 2. The van der Waals surface area contributed by atoms with Crippen LogP contribution in [0.2, 0.25) is 0 Å². The van der Waals surface area contributed by atoms with Gasteiger partial charge in [0.15, 0.2) is 11.5 Å². The highest BCUT2D eigenvalue weighted by Gasteiger charge is 2.28. The molecule has 0 radical (unpaired) electrons.